The minimum Gasteiger partial charge on any atom is -0.288 e. The first-order valence-electron chi connectivity index (χ1n) is 3.46. The fraction of sp³-hybridized carbons (Fsp3) is 0.125. The Labute approximate surface area is 64.6 Å². The molecule has 0 saturated heterocycles. The van der Waals surface area contributed by atoms with E-state index in [1.807, 2.05) is 18.2 Å². The molecule has 1 aliphatic heterocycles. The normalized spacial score (nSPS) is 14.8. The molecule has 56 valence electrons. The smallest absolute Gasteiger partial charge is 0.0894 e. The molecule has 0 unspecified atom stereocenters. The number of hydrogen-bond donors (Lipinski definition) is 1. The van der Waals surface area contributed by atoms with Gasteiger partial charge in [-0.3, -0.25) is 15.3 Å². The second-order valence-corrected chi connectivity index (χ2v) is 2.39. The maximum Gasteiger partial charge on any atom is 0.0894 e. The van der Waals surface area contributed by atoms with Crippen molar-refractivity contribution in [2.45, 2.75) is 0 Å². The van der Waals surface area contributed by atoms with Gasteiger partial charge in [-0.05, 0) is 18.2 Å². The van der Waals surface area contributed by atoms with Crippen molar-refractivity contribution < 1.29 is 5.21 Å². The molecule has 1 aromatic heterocycles. The van der Waals surface area contributed by atoms with Gasteiger partial charge in [0.1, 0.15) is 0 Å². The molecular formula is C8H8N2O. The molecule has 1 aliphatic rings. The quantitative estimate of drug-likeness (QED) is 0.602. The molecule has 1 aromatic rings. The molecule has 0 fully saturated rings. The Morgan fingerprint density at radius 2 is 2.45 bits per heavy atom. The van der Waals surface area contributed by atoms with E-state index in [1.54, 1.807) is 12.3 Å². The monoisotopic (exact) mass is 148 g/mol. The first-order chi connectivity index (χ1) is 5.38. The van der Waals surface area contributed by atoms with E-state index in [4.69, 9.17) is 0 Å². The summed E-state index contributed by atoms with van der Waals surface area (Å²) in [7, 11) is 0. The van der Waals surface area contributed by atoms with E-state index < -0.39 is 0 Å². The Morgan fingerprint density at radius 3 is 3.27 bits per heavy atom. The molecule has 0 bridgehead atoms. The maximum absolute atomic E-state index is 9.30. The van der Waals surface area contributed by atoms with Gasteiger partial charge in [0.15, 0.2) is 0 Å². The predicted octanol–water partition coefficient (Wildman–Crippen LogP) is 1.30. The van der Waals surface area contributed by atoms with Crippen molar-refractivity contribution in [3.8, 4) is 0 Å². The first-order valence-corrected chi connectivity index (χ1v) is 3.46. The van der Waals surface area contributed by atoms with Crippen molar-refractivity contribution in [2.24, 2.45) is 0 Å². The van der Waals surface area contributed by atoms with Gasteiger partial charge in [-0.25, -0.2) is 0 Å². The van der Waals surface area contributed by atoms with Crippen LogP contribution in [0.15, 0.2) is 24.4 Å². The minimum absolute atomic E-state index is 0.540. The van der Waals surface area contributed by atoms with Gasteiger partial charge in [-0.15, -0.1) is 0 Å². The number of hydrogen-bond acceptors (Lipinski definition) is 3. The molecule has 0 amide bonds. The minimum atomic E-state index is 0.540. The molecule has 0 radical (unpaired) electrons. The summed E-state index contributed by atoms with van der Waals surface area (Å²) in [5, 5.41) is 10.5. The summed E-state index contributed by atoms with van der Waals surface area (Å²) < 4.78 is 0. The van der Waals surface area contributed by atoms with Crippen LogP contribution in [0.4, 0.5) is 5.69 Å². The van der Waals surface area contributed by atoms with E-state index in [-0.39, 0.29) is 0 Å². The van der Waals surface area contributed by atoms with Gasteiger partial charge in [0.2, 0.25) is 0 Å². The zero-order chi connectivity index (χ0) is 7.68. The number of hydroxylamine groups is 1. The summed E-state index contributed by atoms with van der Waals surface area (Å²) in [5.74, 6) is 0. The third-order valence-corrected chi connectivity index (χ3v) is 1.65. The van der Waals surface area contributed by atoms with Crippen LogP contribution in [0, 0.1) is 0 Å². The zero-order valence-electron chi connectivity index (χ0n) is 5.94. The number of rotatable bonds is 0. The van der Waals surface area contributed by atoms with Crippen molar-refractivity contribution in [3.63, 3.8) is 0 Å². The predicted molar refractivity (Wildman–Crippen MR) is 42.4 cm³/mol. The number of nitrogens with zero attached hydrogens (tertiary/aromatic N) is 2. The second-order valence-electron chi connectivity index (χ2n) is 2.39. The van der Waals surface area contributed by atoms with Gasteiger partial charge in [-0.1, -0.05) is 6.08 Å². The van der Waals surface area contributed by atoms with Gasteiger partial charge < -0.3 is 0 Å². The number of pyridine rings is 1. The highest BCUT2D eigenvalue weighted by Gasteiger charge is 2.09. The van der Waals surface area contributed by atoms with E-state index >= 15 is 0 Å². The summed E-state index contributed by atoms with van der Waals surface area (Å²) in [6.45, 7) is 0.540. The van der Waals surface area contributed by atoms with Crippen molar-refractivity contribution in [2.75, 3.05) is 11.6 Å². The lowest BCUT2D eigenvalue weighted by Gasteiger charge is -2.19. The Balaban J connectivity index is 2.54. The molecule has 0 atom stereocenters. The van der Waals surface area contributed by atoms with E-state index in [0.717, 1.165) is 11.4 Å². The fourth-order valence-corrected chi connectivity index (χ4v) is 1.12. The number of aromatic nitrogens is 1. The van der Waals surface area contributed by atoms with E-state index in [0.29, 0.717) is 6.54 Å². The summed E-state index contributed by atoms with van der Waals surface area (Å²) >= 11 is 0. The van der Waals surface area contributed by atoms with Crippen molar-refractivity contribution >= 4 is 11.8 Å². The first kappa shape index (κ1) is 6.37. The number of fused-ring (bicyclic) bond motifs is 1. The molecule has 0 aromatic carbocycles. The van der Waals surface area contributed by atoms with Crippen LogP contribution >= 0.6 is 0 Å². The van der Waals surface area contributed by atoms with Crippen molar-refractivity contribution in [1.29, 1.82) is 0 Å². The second kappa shape index (κ2) is 2.36. The molecule has 11 heavy (non-hydrogen) atoms. The molecular weight excluding hydrogens is 140 g/mol. The Hall–Kier alpha value is -1.35. The average molecular weight is 148 g/mol. The standard InChI is InChI=1S/C8H8N2O/c11-10-6-2-3-7-8(10)4-1-5-9-7/h1-5,11H,6H2. The van der Waals surface area contributed by atoms with Gasteiger partial charge in [0.25, 0.3) is 0 Å². The van der Waals surface area contributed by atoms with Gasteiger partial charge >= 0.3 is 0 Å². The third kappa shape index (κ3) is 0.991. The van der Waals surface area contributed by atoms with Gasteiger partial charge in [-0.2, -0.15) is 0 Å². The summed E-state index contributed by atoms with van der Waals surface area (Å²) in [4.78, 5) is 4.08. The van der Waals surface area contributed by atoms with Crippen LogP contribution in [0.25, 0.3) is 6.08 Å². The van der Waals surface area contributed by atoms with Gasteiger partial charge in [0.05, 0.1) is 17.9 Å². The zero-order valence-corrected chi connectivity index (χ0v) is 5.94. The van der Waals surface area contributed by atoms with Crippen LogP contribution in [-0.4, -0.2) is 16.7 Å². The molecule has 0 aliphatic carbocycles. The Morgan fingerprint density at radius 1 is 1.55 bits per heavy atom. The Kier molecular flexibility index (Phi) is 1.36. The lowest BCUT2D eigenvalue weighted by Crippen LogP contribution is -2.21. The van der Waals surface area contributed by atoms with Crippen LogP contribution in [-0.2, 0) is 0 Å². The van der Waals surface area contributed by atoms with Crippen LogP contribution < -0.4 is 5.06 Å². The van der Waals surface area contributed by atoms with E-state index in [9.17, 15) is 5.21 Å². The molecule has 0 saturated carbocycles. The fourth-order valence-electron chi connectivity index (χ4n) is 1.12. The van der Waals surface area contributed by atoms with E-state index in [2.05, 4.69) is 4.98 Å². The van der Waals surface area contributed by atoms with Crippen LogP contribution in [0.5, 0.6) is 0 Å². The van der Waals surface area contributed by atoms with E-state index in [1.165, 1.54) is 5.06 Å². The summed E-state index contributed by atoms with van der Waals surface area (Å²) in [6.07, 6.45) is 5.49. The van der Waals surface area contributed by atoms with Crippen molar-refractivity contribution in [3.05, 3.63) is 30.1 Å². The van der Waals surface area contributed by atoms with Crippen molar-refractivity contribution in [1.82, 2.24) is 4.98 Å². The lowest BCUT2D eigenvalue weighted by molar-refractivity contribution is 0.265. The highest BCUT2D eigenvalue weighted by atomic mass is 16.5. The topological polar surface area (TPSA) is 36.4 Å². The van der Waals surface area contributed by atoms with Crippen LogP contribution in [0.3, 0.4) is 0 Å². The largest absolute Gasteiger partial charge is 0.288 e. The van der Waals surface area contributed by atoms with Crippen LogP contribution in [0.2, 0.25) is 0 Å². The third-order valence-electron chi connectivity index (χ3n) is 1.65. The summed E-state index contributed by atoms with van der Waals surface area (Å²) in [5.41, 5.74) is 1.59. The molecule has 3 nitrogen and oxygen atoms in total. The molecule has 2 heterocycles. The Bertz CT molecular complexity index is 296. The molecule has 1 N–H and O–H groups in total. The molecule has 0 spiro atoms. The number of anilines is 1. The SMILES string of the molecule is ON1CC=Cc2ncccc21. The maximum atomic E-state index is 9.30. The lowest BCUT2D eigenvalue weighted by atomic mass is 10.2. The van der Waals surface area contributed by atoms with Crippen LogP contribution in [0.1, 0.15) is 5.69 Å². The summed E-state index contributed by atoms with van der Waals surface area (Å²) in [6, 6.07) is 3.65. The average Bonchev–Trinajstić information content (AvgIpc) is 2.06. The molecule has 2 rings (SSSR count). The molecule has 3 heteroatoms. The van der Waals surface area contributed by atoms with Gasteiger partial charge in [0, 0.05) is 6.20 Å². The highest BCUT2D eigenvalue weighted by molar-refractivity contribution is 5.66. The highest BCUT2D eigenvalue weighted by Crippen LogP contribution is 2.20.